The minimum atomic E-state index is -0.309. The first-order chi connectivity index (χ1) is 7.65. The van der Waals surface area contributed by atoms with Crippen molar-refractivity contribution in [2.75, 3.05) is 11.9 Å². The Morgan fingerprint density at radius 1 is 1.50 bits per heavy atom. The summed E-state index contributed by atoms with van der Waals surface area (Å²) in [5.41, 5.74) is 0.794. The third-order valence-corrected chi connectivity index (χ3v) is 3.09. The molecule has 0 saturated carbocycles. The fraction of sp³-hybridized carbons (Fsp3) is 0.500. The van der Waals surface area contributed by atoms with Crippen molar-refractivity contribution in [1.29, 1.82) is 0 Å². The fourth-order valence-corrected chi connectivity index (χ4v) is 2.18. The van der Waals surface area contributed by atoms with Crippen LogP contribution in [0.1, 0.15) is 19.8 Å². The molecule has 0 radical (unpaired) electrons. The zero-order chi connectivity index (χ0) is 11.5. The summed E-state index contributed by atoms with van der Waals surface area (Å²) in [4.78, 5) is 0. The second kappa shape index (κ2) is 5.02. The van der Waals surface area contributed by atoms with Crippen LogP contribution in [-0.4, -0.2) is 18.8 Å². The van der Waals surface area contributed by atoms with Crippen molar-refractivity contribution >= 4 is 17.3 Å². The third kappa shape index (κ3) is 2.86. The lowest BCUT2D eigenvalue weighted by Gasteiger charge is -2.29. The Morgan fingerprint density at radius 2 is 2.31 bits per heavy atom. The Labute approximate surface area is 99.7 Å². The third-order valence-electron chi connectivity index (χ3n) is 2.78. The van der Waals surface area contributed by atoms with Crippen LogP contribution in [0.15, 0.2) is 18.2 Å². The van der Waals surface area contributed by atoms with E-state index in [2.05, 4.69) is 12.2 Å². The molecule has 0 bridgehead atoms. The first kappa shape index (κ1) is 11.7. The van der Waals surface area contributed by atoms with Gasteiger partial charge in [0.15, 0.2) is 0 Å². The number of hydrogen-bond acceptors (Lipinski definition) is 2. The number of halogens is 2. The van der Waals surface area contributed by atoms with Gasteiger partial charge < -0.3 is 10.1 Å². The number of nitrogens with one attached hydrogen (secondary N) is 1. The highest BCUT2D eigenvalue weighted by Crippen LogP contribution is 2.25. The molecule has 1 saturated heterocycles. The van der Waals surface area contributed by atoms with Crippen molar-refractivity contribution in [3.8, 4) is 0 Å². The molecule has 0 spiro atoms. The van der Waals surface area contributed by atoms with Crippen molar-refractivity contribution in [2.45, 2.75) is 31.9 Å². The first-order valence-corrected chi connectivity index (χ1v) is 5.86. The van der Waals surface area contributed by atoms with Gasteiger partial charge in [-0.3, -0.25) is 0 Å². The molecule has 0 aliphatic carbocycles. The van der Waals surface area contributed by atoms with Gasteiger partial charge in [0.2, 0.25) is 0 Å². The van der Waals surface area contributed by atoms with Crippen LogP contribution in [0.2, 0.25) is 5.02 Å². The molecule has 88 valence electrons. The highest BCUT2D eigenvalue weighted by molar-refractivity contribution is 6.33. The van der Waals surface area contributed by atoms with E-state index >= 15 is 0 Å². The lowest BCUT2D eigenvalue weighted by atomic mass is 10.0. The molecule has 1 aromatic carbocycles. The Hall–Kier alpha value is -0.800. The average molecular weight is 244 g/mol. The maximum Gasteiger partial charge on any atom is 0.124 e. The summed E-state index contributed by atoms with van der Waals surface area (Å²) < 4.78 is 18.3. The minimum Gasteiger partial charge on any atom is -0.381 e. The molecule has 1 aromatic rings. The molecule has 1 fully saturated rings. The van der Waals surface area contributed by atoms with Gasteiger partial charge in [-0.2, -0.15) is 0 Å². The lowest BCUT2D eigenvalue weighted by Crippen LogP contribution is -2.32. The average Bonchev–Trinajstić information content (AvgIpc) is 2.22. The molecule has 1 N–H and O–H groups in total. The van der Waals surface area contributed by atoms with E-state index in [1.54, 1.807) is 6.07 Å². The standard InChI is InChI=1S/C12H15ClFNO/c1-8-6-10(4-5-16-8)15-12-3-2-9(14)7-11(12)13/h2-3,7-8,10,15H,4-6H2,1H3. The van der Waals surface area contributed by atoms with E-state index in [1.807, 2.05) is 0 Å². The van der Waals surface area contributed by atoms with Crippen molar-refractivity contribution < 1.29 is 9.13 Å². The van der Waals surface area contributed by atoms with Gasteiger partial charge in [0.05, 0.1) is 16.8 Å². The van der Waals surface area contributed by atoms with Gasteiger partial charge in [0.1, 0.15) is 5.82 Å². The van der Waals surface area contributed by atoms with E-state index < -0.39 is 0 Å². The quantitative estimate of drug-likeness (QED) is 0.859. The molecule has 0 aromatic heterocycles. The molecule has 2 rings (SSSR count). The van der Waals surface area contributed by atoms with Gasteiger partial charge in [0, 0.05) is 12.6 Å². The van der Waals surface area contributed by atoms with E-state index in [-0.39, 0.29) is 11.9 Å². The SMILES string of the molecule is CC1CC(Nc2ccc(F)cc2Cl)CCO1. The summed E-state index contributed by atoms with van der Waals surface area (Å²) >= 11 is 5.95. The summed E-state index contributed by atoms with van der Waals surface area (Å²) in [7, 11) is 0. The van der Waals surface area contributed by atoms with E-state index in [1.165, 1.54) is 12.1 Å². The smallest absolute Gasteiger partial charge is 0.124 e. The van der Waals surface area contributed by atoms with Crippen molar-refractivity contribution in [2.24, 2.45) is 0 Å². The van der Waals surface area contributed by atoms with Gasteiger partial charge >= 0.3 is 0 Å². The molecule has 1 aliphatic heterocycles. The van der Waals surface area contributed by atoms with Gasteiger partial charge in [-0.1, -0.05) is 11.6 Å². The Morgan fingerprint density at radius 3 is 3.00 bits per heavy atom. The number of anilines is 1. The molecule has 4 heteroatoms. The zero-order valence-electron chi connectivity index (χ0n) is 9.17. The van der Waals surface area contributed by atoms with E-state index in [4.69, 9.17) is 16.3 Å². The summed E-state index contributed by atoms with van der Waals surface area (Å²) in [6.07, 6.45) is 2.18. The van der Waals surface area contributed by atoms with Crippen molar-refractivity contribution in [1.82, 2.24) is 0 Å². The van der Waals surface area contributed by atoms with E-state index in [9.17, 15) is 4.39 Å². The van der Waals surface area contributed by atoms with Crippen LogP contribution < -0.4 is 5.32 Å². The van der Waals surface area contributed by atoms with Crippen LogP contribution in [0, 0.1) is 5.82 Å². The zero-order valence-corrected chi connectivity index (χ0v) is 9.93. The Kier molecular flexibility index (Phi) is 3.66. The maximum absolute atomic E-state index is 12.9. The number of hydrogen-bond donors (Lipinski definition) is 1. The monoisotopic (exact) mass is 243 g/mol. The van der Waals surface area contributed by atoms with Gasteiger partial charge in [-0.05, 0) is 38.0 Å². The second-order valence-corrected chi connectivity index (χ2v) is 4.58. The number of benzene rings is 1. The summed E-state index contributed by atoms with van der Waals surface area (Å²) in [6.45, 7) is 2.82. The van der Waals surface area contributed by atoms with E-state index in [0.717, 1.165) is 25.1 Å². The summed E-state index contributed by atoms with van der Waals surface area (Å²) in [6, 6.07) is 4.77. The lowest BCUT2D eigenvalue weighted by molar-refractivity contribution is 0.0232. The predicted octanol–water partition coefficient (Wildman–Crippen LogP) is 3.46. The van der Waals surface area contributed by atoms with Gasteiger partial charge in [0.25, 0.3) is 0 Å². The van der Waals surface area contributed by atoms with Crippen molar-refractivity contribution in [3.05, 3.63) is 29.0 Å². The number of rotatable bonds is 2. The molecule has 1 heterocycles. The normalized spacial score (nSPS) is 25.4. The first-order valence-electron chi connectivity index (χ1n) is 5.48. The van der Waals surface area contributed by atoms with Crippen molar-refractivity contribution in [3.63, 3.8) is 0 Å². The molecule has 1 aliphatic rings. The van der Waals surface area contributed by atoms with Crippen LogP contribution in [0.25, 0.3) is 0 Å². The fourth-order valence-electron chi connectivity index (χ4n) is 1.96. The summed E-state index contributed by atoms with van der Waals surface area (Å²) in [5.74, 6) is -0.309. The highest BCUT2D eigenvalue weighted by Gasteiger charge is 2.19. The predicted molar refractivity (Wildman–Crippen MR) is 63.5 cm³/mol. The molecular weight excluding hydrogens is 229 g/mol. The Balaban J connectivity index is 2.02. The molecule has 2 unspecified atom stereocenters. The van der Waals surface area contributed by atoms with Gasteiger partial charge in [-0.25, -0.2) is 4.39 Å². The number of ether oxygens (including phenoxy) is 1. The van der Waals surface area contributed by atoms with Gasteiger partial charge in [-0.15, -0.1) is 0 Å². The Bertz CT molecular complexity index is 372. The molecule has 16 heavy (non-hydrogen) atoms. The topological polar surface area (TPSA) is 21.3 Å². The van der Waals surface area contributed by atoms with E-state index in [0.29, 0.717) is 11.1 Å². The highest BCUT2D eigenvalue weighted by atomic mass is 35.5. The maximum atomic E-state index is 12.9. The minimum absolute atomic E-state index is 0.269. The largest absolute Gasteiger partial charge is 0.381 e. The van der Waals surface area contributed by atoms with Crippen LogP contribution in [-0.2, 0) is 4.74 Å². The molecular formula is C12H15ClFNO. The van der Waals surface area contributed by atoms with Crippen LogP contribution in [0.4, 0.5) is 10.1 Å². The van der Waals surface area contributed by atoms with Crippen LogP contribution >= 0.6 is 11.6 Å². The molecule has 0 amide bonds. The molecule has 2 nitrogen and oxygen atoms in total. The summed E-state index contributed by atoms with van der Waals surface area (Å²) in [5, 5.41) is 3.76. The van der Waals surface area contributed by atoms with Crippen LogP contribution in [0.3, 0.4) is 0 Å². The molecule has 2 atom stereocenters. The second-order valence-electron chi connectivity index (χ2n) is 4.17. The van der Waals surface area contributed by atoms with Crippen LogP contribution in [0.5, 0.6) is 0 Å².